The van der Waals surface area contributed by atoms with Gasteiger partial charge in [0.05, 0.1) is 17.3 Å². The number of nitrogen functional groups attached to an aromatic ring is 1. The number of nitrogens with zero attached hydrogens (tertiary/aromatic N) is 3. The highest BCUT2D eigenvalue weighted by Gasteiger charge is 2.26. The predicted octanol–water partition coefficient (Wildman–Crippen LogP) is 9.28. The van der Waals surface area contributed by atoms with Crippen molar-refractivity contribution in [1.29, 1.82) is 0 Å². The fraction of sp³-hybridized carbons (Fsp3) is 0.429. The summed E-state index contributed by atoms with van der Waals surface area (Å²) < 4.78 is 0. The van der Waals surface area contributed by atoms with Crippen LogP contribution in [0.1, 0.15) is 105 Å². The first-order valence-electron chi connectivity index (χ1n) is 18.0. The van der Waals surface area contributed by atoms with Gasteiger partial charge in [0, 0.05) is 47.3 Å². The number of rotatable bonds is 19. The first-order chi connectivity index (χ1) is 23.2. The lowest BCUT2D eigenvalue weighted by molar-refractivity contribution is 0.341. The molecule has 6 heteroatoms. The smallest absolute Gasteiger partial charge is 0.220 e. The third kappa shape index (κ3) is 9.40. The summed E-state index contributed by atoms with van der Waals surface area (Å²) in [5.74, 6) is 0.382. The number of unbranched alkanes of at least 4 members (excludes halogenated alkanes) is 5. The van der Waals surface area contributed by atoms with E-state index in [0.717, 1.165) is 109 Å². The van der Waals surface area contributed by atoms with Crippen molar-refractivity contribution in [1.82, 2.24) is 25.5 Å². The molecule has 3 aromatic rings. The van der Waals surface area contributed by atoms with E-state index in [1.165, 1.54) is 47.8 Å². The van der Waals surface area contributed by atoms with Gasteiger partial charge >= 0.3 is 0 Å². The monoisotopic (exact) mass is 646 g/mol. The molecule has 48 heavy (non-hydrogen) atoms. The third-order valence-corrected chi connectivity index (χ3v) is 9.83. The van der Waals surface area contributed by atoms with Crippen molar-refractivity contribution in [2.45, 2.75) is 103 Å². The Kier molecular flexibility index (Phi) is 13.5. The van der Waals surface area contributed by atoms with Crippen molar-refractivity contribution in [3.05, 3.63) is 114 Å². The van der Waals surface area contributed by atoms with Crippen molar-refractivity contribution in [2.75, 3.05) is 19.3 Å². The third-order valence-electron chi connectivity index (χ3n) is 9.83. The Hall–Kier alpha value is -4.32. The summed E-state index contributed by atoms with van der Waals surface area (Å²) in [6.45, 7) is 26.7. The van der Waals surface area contributed by atoms with Crippen LogP contribution in [-0.2, 0) is 25.7 Å². The van der Waals surface area contributed by atoms with E-state index in [0.29, 0.717) is 5.95 Å². The molecule has 256 valence electrons. The number of nitrogens with two attached hydrogens (primary N) is 1. The predicted molar refractivity (Wildman–Crippen MR) is 207 cm³/mol. The van der Waals surface area contributed by atoms with Crippen LogP contribution in [0.15, 0.2) is 80.3 Å². The minimum Gasteiger partial charge on any atom is -0.389 e. The maximum absolute atomic E-state index is 6.08. The first-order valence-corrected chi connectivity index (χ1v) is 18.0. The van der Waals surface area contributed by atoms with Gasteiger partial charge in [-0.05, 0) is 92.2 Å². The molecule has 1 atom stereocenters. The molecule has 2 heterocycles. The molecule has 0 aliphatic carbocycles. The van der Waals surface area contributed by atoms with Crippen molar-refractivity contribution in [3.63, 3.8) is 0 Å². The molecule has 1 fully saturated rings. The lowest BCUT2D eigenvalue weighted by Gasteiger charge is -2.37. The summed E-state index contributed by atoms with van der Waals surface area (Å²) >= 11 is 0. The van der Waals surface area contributed by atoms with Crippen LogP contribution in [0.2, 0.25) is 0 Å². The highest BCUT2D eigenvalue weighted by molar-refractivity contribution is 5.83. The maximum Gasteiger partial charge on any atom is 0.220 e. The number of piperidine rings is 1. The Balaban J connectivity index is 1.17. The van der Waals surface area contributed by atoms with Gasteiger partial charge in [-0.25, -0.2) is 9.97 Å². The maximum atomic E-state index is 6.08. The van der Waals surface area contributed by atoms with Gasteiger partial charge in [0.25, 0.3) is 0 Å². The lowest BCUT2D eigenvalue weighted by atomic mass is 9.93. The molecule has 1 aliphatic rings. The molecule has 1 aromatic heterocycles. The Morgan fingerprint density at radius 1 is 0.979 bits per heavy atom. The van der Waals surface area contributed by atoms with E-state index in [1.807, 2.05) is 6.08 Å². The molecule has 0 radical (unpaired) electrons. The molecular weight excluding hydrogens is 589 g/mol. The van der Waals surface area contributed by atoms with Crippen molar-refractivity contribution >= 4 is 28.6 Å². The second-order valence-corrected chi connectivity index (χ2v) is 13.2. The Bertz CT molecular complexity index is 1630. The van der Waals surface area contributed by atoms with Crippen LogP contribution in [0, 0.1) is 0 Å². The number of benzene rings is 2. The van der Waals surface area contributed by atoms with Crippen LogP contribution in [0.3, 0.4) is 0 Å². The van der Waals surface area contributed by atoms with Crippen LogP contribution in [0.25, 0.3) is 22.7 Å². The SMILES string of the molecule is C=Cc1cccc(CCC(=C)NCCCCCCCCc2nc(N)nc3cc(CC)c(CC)cc23)c1C(=C)N(C)C1CCC(=C)NC1=C. The highest BCUT2D eigenvalue weighted by atomic mass is 15.2. The average Bonchev–Trinajstić information content (AvgIpc) is 3.08. The first kappa shape index (κ1) is 36.5. The van der Waals surface area contributed by atoms with E-state index in [9.17, 15) is 0 Å². The normalized spacial score (nSPS) is 14.5. The van der Waals surface area contributed by atoms with Gasteiger partial charge in [-0.15, -0.1) is 0 Å². The molecule has 0 spiro atoms. The second-order valence-electron chi connectivity index (χ2n) is 13.2. The van der Waals surface area contributed by atoms with Gasteiger partial charge in [0.2, 0.25) is 5.95 Å². The Labute approximate surface area is 290 Å². The van der Waals surface area contributed by atoms with Gasteiger partial charge in [-0.2, -0.15) is 0 Å². The zero-order valence-corrected chi connectivity index (χ0v) is 29.9. The molecule has 4 N–H and O–H groups in total. The standard InChI is InChI=1S/C42H58N6/c1-9-33-19-18-20-36(41(33)32(7)48(8)40-25-23-30(5)45-31(40)6)24-22-29(4)44-26-17-15-13-12-14-16-21-38-37-27-34(10-2)35(11-3)28-39(37)47-42(43)46-38/h9,18-20,27-28,40,44-45H,1,4-7,10-17,21-26H2,2-3,8H3,(H2,43,46,47). The summed E-state index contributed by atoms with van der Waals surface area (Å²) in [4.78, 5) is 11.4. The molecule has 2 aromatic carbocycles. The van der Waals surface area contributed by atoms with Crippen LogP contribution < -0.4 is 16.4 Å². The average molecular weight is 647 g/mol. The van der Waals surface area contributed by atoms with Crippen LogP contribution in [0.5, 0.6) is 0 Å². The summed E-state index contributed by atoms with van der Waals surface area (Å²) in [6, 6.07) is 11.1. The van der Waals surface area contributed by atoms with Crippen molar-refractivity contribution < 1.29 is 0 Å². The zero-order valence-electron chi connectivity index (χ0n) is 29.9. The van der Waals surface area contributed by atoms with Crippen molar-refractivity contribution in [3.8, 4) is 0 Å². The molecule has 1 unspecified atom stereocenters. The minimum absolute atomic E-state index is 0.173. The van der Waals surface area contributed by atoms with E-state index in [1.54, 1.807) is 0 Å². The Morgan fingerprint density at radius 2 is 1.69 bits per heavy atom. The number of hydrogen-bond acceptors (Lipinski definition) is 6. The van der Waals surface area contributed by atoms with E-state index < -0.39 is 0 Å². The minimum atomic E-state index is 0.173. The number of nitrogens with one attached hydrogen (secondary N) is 2. The van der Waals surface area contributed by atoms with Crippen molar-refractivity contribution in [2.24, 2.45) is 0 Å². The summed E-state index contributed by atoms with van der Waals surface area (Å²) in [6.07, 6.45) is 15.8. The molecule has 0 amide bonds. The van der Waals surface area contributed by atoms with E-state index in [-0.39, 0.29) is 6.04 Å². The summed E-state index contributed by atoms with van der Waals surface area (Å²) in [5.41, 5.74) is 18.5. The fourth-order valence-corrected chi connectivity index (χ4v) is 6.96. The lowest BCUT2D eigenvalue weighted by Crippen LogP contribution is -2.40. The van der Waals surface area contributed by atoms with Crippen LogP contribution in [0.4, 0.5) is 5.95 Å². The topological polar surface area (TPSA) is 79.1 Å². The molecule has 0 saturated carbocycles. The fourth-order valence-electron chi connectivity index (χ4n) is 6.96. The van der Waals surface area contributed by atoms with Gasteiger partial charge in [0.15, 0.2) is 0 Å². The second kappa shape index (κ2) is 17.7. The van der Waals surface area contributed by atoms with Crippen LogP contribution >= 0.6 is 0 Å². The Morgan fingerprint density at radius 3 is 2.40 bits per heavy atom. The van der Waals surface area contributed by atoms with Crippen LogP contribution in [-0.4, -0.2) is 34.5 Å². The number of hydrogen-bond donors (Lipinski definition) is 3. The van der Waals surface area contributed by atoms with E-state index >= 15 is 0 Å². The largest absolute Gasteiger partial charge is 0.389 e. The van der Waals surface area contributed by atoms with Gasteiger partial charge < -0.3 is 21.3 Å². The summed E-state index contributed by atoms with van der Waals surface area (Å²) in [7, 11) is 2.11. The number of aromatic nitrogens is 2. The quantitative estimate of drug-likeness (QED) is 0.113. The van der Waals surface area contributed by atoms with Gasteiger partial charge in [-0.1, -0.05) is 96.7 Å². The molecule has 4 rings (SSSR count). The van der Waals surface area contributed by atoms with Gasteiger partial charge in [-0.3, -0.25) is 0 Å². The number of anilines is 1. The molecule has 0 bridgehead atoms. The number of aryl methyl sites for hydroxylation is 4. The zero-order chi connectivity index (χ0) is 34.6. The number of allylic oxidation sites excluding steroid dienone is 2. The molecule has 6 nitrogen and oxygen atoms in total. The number of fused-ring (bicyclic) bond motifs is 1. The van der Waals surface area contributed by atoms with Gasteiger partial charge in [0.1, 0.15) is 0 Å². The summed E-state index contributed by atoms with van der Waals surface area (Å²) in [5, 5.41) is 8.08. The molecular formula is C42H58N6. The molecule has 1 aliphatic heterocycles. The molecule has 1 saturated heterocycles. The highest BCUT2D eigenvalue weighted by Crippen LogP contribution is 2.32. The number of likely N-dealkylation sites (N-methyl/N-ethyl adjacent to an activating group) is 1. The van der Waals surface area contributed by atoms with E-state index in [2.05, 4.69) is 110 Å². The van der Waals surface area contributed by atoms with E-state index in [4.69, 9.17) is 5.73 Å².